The molecule has 2 saturated heterocycles. The lowest BCUT2D eigenvalue weighted by molar-refractivity contribution is -0.135. The molecule has 3 atom stereocenters. The lowest BCUT2D eigenvalue weighted by Crippen LogP contribution is -2.37. The topological polar surface area (TPSA) is 49.9 Å². The number of benzene rings is 1. The van der Waals surface area contributed by atoms with E-state index in [1.54, 1.807) is 25.1 Å². The summed E-state index contributed by atoms with van der Waals surface area (Å²) >= 11 is 0. The maximum Gasteiger partial charge on any atom is 0.254 e. The minimum atomic E-state index is -0.440. The van der Waals surface area contributed by atoms with Crippen molar-refractivity contribution in [1.82, 2.24) is 9.80 Å². The molecule has 3 rings (SSSR count). The average molecular weight is 306 g/mol. The Morgan fingerprint density at radius 1 is 1.36 bits per heavy atom. The van der Waals surface area contributed by atoms with Gasteiger partial charge < -0.3 is 14.5 Å². The number of rotatable bonds is 2. The molecular formula is C16H19FN2O3. The van der Waals surface area contributed by atoms with Crippen molar-refractivity contribution in [1.29, 1.82) is 0 Å². The van der Waals surface area contributed by atoms with Crippen molar-refractivity contribution >= 4 is 11.8 Å². The molecule has 0 aliphatic carbocycles. The van der Waals surface area contributed by atoms with Crippen LogP contribution in [0.15, 0.2) is 24.3 Å². The summed E-state index contributed by atoms with van der Waals surface area (Å²) in [4.78, 5) is 28.1. The lowest BCUT2D eigenvalue weighted by Gasteiger charge is -2.22. The maximum atomic E-state index is 13.3. The monoisotopic (exact) mass is 306 g/mol. The van der Waals surface area contributed by atoms with Gasteiger partial charge in [0.25, 0.3) is 5.91 Å². The number of hydrogen-bond donors (Lipinski definition) is 0. The van der Waals surface area contributed by atoms with E-state index in [1.807, 2.05) is 0 Å². The van der Waals surface area contributed by atoms with Crippen LogP contribution in [0.2, 0.25) is 0 Å². The van der Waals surface area contributed by atoms with Gasteiger partial charge in [0.1, 0.15) is 5.82 Å². The fraction of sp³-hybridized carbons (Fsp3) is 0.500. The third-order valence-corrected chi connectivity index (χ3v) is 4.38. The second-order valence-electron chi connectivity index (χ2n) is 6.00. The first-order valence-corrected chi connectivity index (χ1v) is 7.38. The number of hydrogen-bond acceptors (Lipinski definition) is 3. The molecule has 2 heterocycles. The number of nitrogens with zero attached hydrogens (tertiary/aromatic N) is 2. The zero-order valence-corrected chi connectivity index (χ0v) is 12.7. The van der Waals surface area contributed by atoms with Gasteiger partial charge in [-0.3, -0.25) is 9.59 Å². The van der Waals surface area contributed by atoms with E-state index >= 15 is 0 Å². The summed E-state index contributed by atoms with van der Waals surface area (Å²) in [5, 5.41) is 0. The Balaban J connectivity index is 1.85. The van der Waals surface area contributed by atoms with Crippen LogP contribution < -0.4 is 0 Å². The molecule has 2 amide bonds. The molecule has 1 aromatic rings. The largest absolute Gasteiger partial charge is 0.375 e. The van der Waals surface area contributed by atoms with Crippen LogP contribution in [-0.4, -0.2) is 61.0 Å². The highest BCUT2D eigenvalue weighted by atomic mass is 19.1. The molecule has 6 heteroatoms. The highest BCUT2D eigenvalue weighted by Crippen LogP contribution is 2.35. The Kier molecular flexibility index (Phi) is 3.87. The third kappa shape index (κ3) is 2.47. The van der Waals surface area contributed by atoms with Gasteiger partial charge in [-0.25, -0.2) is 4.39 Å². The molecule has 2 aliphatic heterocycles. The Labute approximate surface area is 128 Å². The van der Waals surface area contributed by atoms with E-state index < -0.39 is 5.82 Å². The molecule has 0 radical (unpaired) electrons. The van der Waals surface area contributed by atoms with Crippen LogP contribution in [0.4, 0.5) is 4.39 Å². The Morgan fingerprint density at radius 2 is 2.14 bits per heavy atom. The smallest absolute Gasteiger partial charge is 0.254 e. The molecule has 0 bridgehead atoms. The van der Waals surface area contributed by atoms with E-state index in [4.69, 9.17) is 4.74 Å². The molecule has 0 N–H and O–H groups in total. The van der Waals surface area contributed by atoms with Gasteiger partial charge in [-0.15, -0.1) is 0 Å². The first kappa shape index (κ1) is 15.0. The molecule has 1 aromatic carbocycles. The van der Waals surface area contributed by atoms with Crippen molar-refractivity contribution < 1.29 is 18.7 Å². The zero-order chi connectivity index (χ0) is 15.9. The van der Waals surface area contributed by atoms with E-state index in [-0.39, 0.29) is 29.9 Å². The van der Waals surface area contributed by atoms with Gasteiger partial charge in [0.05, 0.1) is 18.1 Å². The lowest BCUT2D eigenvalue weighted by atomic mass is 10.0. The van der Waals surface area contributed by atoms with Crippen molar-refractivity contribution in [2.24, 2.45) is 5.92 Å². The van der Waals surface area contributed by atoms with E-state index in [2.05, 4.69) is 0 Å². The van der Waals surface area contributed by atoms with E-state index in [0.29, 0.717) is 25.1 Å². The Morgan fingerprint density at radius 3 is 2.82 bits per heavy atom. The Bertz CT molecular complexity index is 605. The third-order valence-electron chi connectivity index (χ3n) is 4.38. The molecule has 0 saturated carbocycles. The molecule has 5 nitrogen and oxygen atoms in total. The van der Waals surface area contributed by atoms with Crippen LogP contribution in [0, 0.1) is 11.7 Å². The predicted octanol–water partition coefficient (Wildman–Crippen LogP) is 1.14. The number of fused-ring (bicyclic) bond motifs is 1. The first-order chi connectivity index (χ1) is 10.5. The van der Waals surface area contributed by atoms with Gasteiger partial charge in [-0.05, 0) is 24.6 Å². The molecule has 2 aliphatic rings. The average Bonchev–Trinajstić information content (AvgIpc) is 3.07. The first-order valence-electron chi connectivity index (χ1n) is 7.38. The van der Waals surface area contributed by atoms with Gasteiger partial charge in [0.15, 0.2) is 0 Å². The number of carbonyl (C=O) groups excluding carboxylic acids is 2. The van der Waals surface area contributed by atoms with Gasteiger partial charge in [-0.1, -0.05) is 6.07 Å². The summed E-state index contributed by atoms with van der Waals surface area (Å²) in [6.07, 6.45) is 0.454. The maximum absolute atomic E-state index is 13.3. The standard InChI is InChI=1S/C16H19FN2O3/c1-18(2)16(21)12-9-19(13-6-7-22-14(12)13)15(20)10-4-3-5-11(17)8-10/h3-5,8,12-14H,6-7,9H2,1-2H3/t12-,13+,14-/m0/s1. The number of likely N-dealkylation sites (tertiary alicyclic amines) is 1. The molecule has 118 valence electrons. The van der Waals surface area contributed by atoms with Crippen molar-refractivity contribution in [3.63, 3.8) is 0 Å². The zero-order valence-electron chi connectivity index (χ0n) is 12.7. The number of carbonyl (C=O) groups is 2. The fourth-order valence-corrected chi connectivity index (χ4v) is 3.34. The van der Waals surface area contributed by atoms with Crippen LogP contribution in [0.25, 0.3) is 0 Å². The minimum absolute atomic E-state index is 0.0357. The van der Waals surface area contributed by atoms with Crippen molar-refractivity contribution in [3.8, 4) is 0 Å². The molecule has 0 spiro atoms. The summed E-state index contributed by atoms with van der Waals surface area (Å²) in [5.74, 6) is -1.06. The highest BCUT2D eigenvalue weighted by Gasteiger charge is 2.50. The quantitative estimate of drug-likeness (QED) is 0.823. The normalized spacial score (nSPS) is 26.9. The summed E-state index contributed by atoms with van der Waals surface area (Å²) < 4.78 is 19.0. The van der Waals surface area contributed by atoms with Crippen molar-refractivity contribution in [3.05, 3.63) is 35.6 Å². The number of halogens is 1. The number of amides is 2. The van der Waals surface area contributed by atoms with Crippen molar-refractivity contribution in [2.45, 2.75) is 18.6 Å². The van der Waals surface area contributed by atoms with Gasteiger partial charge in [-0.2, -0.15) is 0 Å². The Hall–Kier alpha value is -1.95. The van der Waals surface area contributed by atoms with E-state index in [9.17, 15) is 14.0 Å². The van der Waals surface area contributed by atoms with Crippen LogP contribution in [0.3, 0.4) is 0 Å². The van der Waals surface area contributed by atoms with Gasteiger partial charge >= 0.3 is 0 Å². The molecule has 22 heavy (non-hydrogen) atoms. The van der Waals surface area contributed by atoms with E-state index in [0.717, 1.165) is 0 Å². The van der Waals surface area contributed by atoms with Crippen LogP contribution in [0.5, 0.6) is 0 Å². The summed E-state index contributed by atoms with van der Waals surface area (Å²) in [7, 11) is 3.40. The second-order valence-corrected chi connectivity index (χ2v) is 6.00. The van der Waals surface area contributed by atoms with Crippen LogP contribution in [0.1, 0.15) is 16.8 Å². The molecular weight excluding hydrogens is 287 g/mol. The number of ether oxygens (including phenoxy) is 1. The van der Waals surface area contributed by atoms with Crippen LogP contribution in [-0.2, 0) is 9.53 Å². The van der Waals surface area contributed by atoms with Crippen molar-refractivity contribution in [2.75, 3.05) is 27.2 Å². The highest BCUT2D eigenvalue weighted by molar-refractivity contribution is 5.95. The molecule has 0 unspecified atom stereocenters. The second kappa shape index (κ2) is 5.68. The molecule has 0 aromatic heterocycles. The fourth-order valence-electron chi connectivity index (χ4n) is 3.34. The van der Waals surface area contributed by atoms with Gasteiger partial charge in [0.2, 0.25) is 5.91 Å². The van der Waals surface area contributed by atoms with Crippen LogP contribution >= 0.6 is 0 Å². The minimum Gasteiger partial charge on any atom is -0.375 e. The summed E-state index contributed by atoms with van der Waals surface area (Å²) in [5.41, 5.74) is 0.309. The predicted molar refractivity (Wildman–Crippen MR) is 77.8 cm³/mol. The van der Waals surface area contributed by atoms with E-state index in [1.165, 1.54) is 23.1 Å². The van der Waals surface area contributed by atoms with Gasteiger partial charge in [0, 0.05) is 32.8 Å². The molecule has 2 fully saturated rings. The summed E-state index contributed by atoms with van der Waals surface area (Å²) in [6, 6.07) is 5.54. The SMILES string of the molecule is CN(C)C(=O)[C@H]1CN(C(=O)c2cccc(F)c2)[C@@H]2CCO[C@@H]12. The summed E-state index contributed by atoms with van der Waals surface area (Å²) in [6.45, 7) is 0.862.